The second-order valence-electron chi connectivity index (χ2n) is 3.04. The number of unbranched alkanes of at least 4 members (excludes halogenated alkanes) is 1. The fourth-order valence-corrected chi connectivity index (χ4v) is 2.26. The minimum atomic E-state index is -1.36. The van der Waals surface area contributed by atoms with E-state index in [9.17, 15) is 9.59 Å². The summed E-state index contributed by atoms with van der Waals surface area (Å²) in [5.74, 6) is 0.0331. The topological polar surface area (TPSA) is 52.6 Å². The van der Waals surface area contributed by atoms with Crippen LogP contribution in [0.15, 0.2) is 0 Å². The van der Waals surface area contributed by atoms with Crippen LogP contribution in [-0.2, 0) is 18.0 Å². The highest BCUT2D eigenvalue weighted by molar-refractivity contribution is 8.09. The Labute approximate surface area is 94.1 Å². The maximum atomic E-state index is 11.1. The van der Waals surface area contributed by atoms with Crippen LogP contribution in [0.5, 0.6) is 0 Å². The third kappa shape index (κ3) is 7.25. The molecule has 0 aromatic carbocycles. The number of hydrogen-bond acceptors (Lipinski definition) is 4. The Morgan fingerprint density at radius 2 is 1.47 bits per heavy atom. The van der Waals surface area contributed by atoms with Crippen LogP contribution in [0.4, 0.5) is 0 Å². The van der Waals surface area contributed by atoms with Gasteiger partial charge in [-0.25, -0.2) is 0 Å². The molecule has 15 heavy (non-hydrogen) atoms. The molecular weight excluding hydrogens is 216 g/mol. The number of carbonyl (C=O) groups excluding carboxylic acids is 2. The van der Waals surface area contributed by atoms with Crippen LogP contribution in [0, 0.1) is 0 Å². The van der Waals surface area contributed by atoms with Gasteiger partial charge < -0.3 is 8.37 Å². The maximum Gasteiger partial charge on any atom is 0.328 e. The van der Waals surface area contributed by atoms with E-state index < -0.39 is 11.5 Å². The van der Waals surface area contributed by atoms with Crippen LogP contribution >= 0.6 is 11.5 Å². The second kappa shape index (κ2) is 8.59. The summed E-state index contributed by atoms with van der Waals surface area (Å²) in [6, 6.07) is 0. The van der Waals surface area contributed by atoms with Crippen molar-refractivity contribution in [3.05, 3.63) is 0 Å². The van der Waals surface area contributed by atoms with Gasteiger partial charge in [-0.1, -0.05) is 27.2 Å². The highest BCUT2D eigenvalue weighted by atomic mass is 32.2. The van der Waals surface area contributed by atoms with Gasteiger partial charge in [-0.3, -0.25) is 9.59 Å². The van der Waals surface area contributed by atoms with E-state index in [0.717, 1.165) is 12.8 Å². The Kier molecular flexibility index (Phi) is 8.18. The van der Waals surface area contributed by atoms with Crippen molar-refractivity contribution in [2.24, 2.45) is 0 Å². The van der Waals surface area contributed by atoms with Crippen molar-refractivity contribution >= 4 is 23.4 Å². The zero-order valence-corrected chi connectivity index (χ0v) is 10.5. The fourth-order valence-electron chi connectivity index (χ4n) is 0.753. The zero-order chi connectivity index (χ0) is 11.7. The first kappa shape index (κ1) is 14.3. The first-order chi connectivity index (χ1) is 7.13. The summed E-state index contributed by atoms with van der Waals surface area (Å²) in [6.07, 6.45) is 2.52. The third-order valence-electron chi connectivity index (χ3n) is 1.68. The van der Waals surface area contributed by atoms with Crippen LogP contribution in [0.2, 0.25) is 0 Å². The van der Waals surface area contributed by atoms with Crippen molar-refractivity contribution in [1.29, 1.82) is 0 Å². The van der Waals surface area contributed by atoms with Crippen molar-refractivity contribution in [2.75, 3.05) is 5.75 Å². The van der Waals surface area contributed by atoms with E-state index in [1.165, 1.54) is 0 Å². The first-order valence-electron chi connectivity index (χ1n) is 5.33. The van der Waals surface area contributed by atoms with Gasteiger partial charge in [-0.2, -0.15) is 0 Å². The summed E-state index contributed by atoms with van der Waals surface area (Å²) in [6.45, 7) is 5.48. The van der Waals surface area contributed by atoms with Gasteiger partial charge in [0.2, 0.25) is 0 Å². The Bertz CT molecular complexity index is 188. The zero-order valence-electron chi connectivity index (χ0n) is 9.62. The molecule has 0 N–H and O–H groups in total. The van der Waals surface area contributed by atoms with Crippen LogP contribution in [-0.4, -0.2) is 17.7 Å². The van der Waals surface area contributed by atoms with Crippen molar-refractivity contribution in [2.45, 2.75) is 46.5 Å². The van der Waals surface area contributed by atoms with Gasteiger partial charge in [-0.15, -0.1) is 11.5 Å². The normalized spacial score (nSPS) is 10.7. The lowest BCUT2D eigenvalue weighted by atomic mass is 10.4. The highest BCUT2D eigenvalue weighted by Gasteiger charge is 2.10. The molecule has 5 heteroatoms. The molecule has 0 amide bonds. The summed E-state index contributed by atoms with van der Waals surface area (Å²) in [5.41, 5.74) is 0. The van der Waals surface area contributed by atoms with Crippen LogP contribution in [0.3, 0.4) is 0 Å². The highest BCUT2D eigenvalue weighted by Crippen LogP contribution is 2.30. The quantitative estimate of drug-likeness (QED) is 0.690. The summed E-state index contributed by atoms with van der Waals surface area (Å²) in [7, 11) is 0. The molecule has 0 fully saturated rings. The molecule has 0 saturated carbocycles. The number of thiol groups is 1. The van der Waals surface area contributed by atoms with Gasteiger partial charge >= 0.3 is 11.9 Å². The van der Waals surface area contributed by atoms with Gasteiger partial charge in [0.05, 0.1) is 5.75 Å². The van der Waals surface area contributed by atoms with E-state index in [2.05, 4.69) is 0 Å². The largest absolute Gasteiger partial charge is 0.347 e. The van der Waals surface area contributed by atoms with Crippen molar-refractivity contribution < 1.29 is 18.0 Å². The third-order valence-corrected chi connectivity index (χ3v) is 3.17. The predicted octanol–water partition coefficient (Wildman–Crippen LogP) is 2.52. The summed E-state index contributed by atoms with van der Waals surface area (Å²) in [5, 5.41) is 0. The molecule has 0 aromatic heterocycles. The molecule has 0 heterocycles. The number of hydrogen-bond donors (Lipinski definition) is 1. The van der Waals surface area contributed by atoms with Crippen LogP contribution < -0.4 is 0 Å². The Hall–Kier alpha value is -0.710. The van der Waals surface area contributed by atoms with E-state index in [-0.39, 0.29) is 11.9 Å². The smallest absolute Gasteiger partial charge is 0.328 e. The molecule has 0 atom stereocenters. The molecule has 90 valence electrons. The van der Waals surface area contributed by atoms with E-state index in [1.54, 1.807) is 13.8 Å². The minimum absolute atomic E-state index is 0.305. The molecule has 0 bridgehead atoms. The Morgan fingerprint density at radius 3 is 1.80 bits per heavy atom. The number of rotatable bonds is 7. The van der Waals surface area contributed by atoms with Gasteiger partial charge in [0.15, 0.2) is 0 Å². The van der Waals surface area contributed by atoms with Crippen molar-refractivity contribution in [1.82, 2.24) is 0 Å². The Morgan fingerprint density at radius 1 is 1.00 bits per heavy atom. The molecular formula is C10H20O4S. The lowest BCUT2D eigenvalue weighted by Crippen LogP contribution is -2.09. The molecule has 0 aromatic rings. The predicted molar refractivity (Wildman–Crippen MR) is 61.5 cm³/mol. The fraction of sp³-hybridized carbons (Fsp3) is 0.800. The lowest BCUT2D eigenvalue weighted by molar-refractivity contribution is -0.136. The summed E-state index contributed by atoms with van der Waals surface area (Å²) in [4.78, 5) is 22.1. The van der Waals surface area contributed by atoms with Gasteiger partial charge in [0.1, 0.15) is 0 Å². The van der Waals surface area contributed by atoms with E-state index in [1.807, 2.05) is 6.92 Å². The average Bonchev–Trinajstić information content (AvgIpc) is 2.25. The summed E-state index contributed by atoms with van der Waals surface area (Å²) < 4.78 is 10.1. The maximum absolute atomic E-state index is 11.1. The van der Waals surface area contributed by atoms with Gasteiger partial charge in [-0.05, 0) is 6.42 Å². The molecule has 0 spiro atoms. The van der Waals surface area contributed by atoms with Crippen molar-refractivity contribution in [3.63, 3.8) is 0 Å². The average molecular weight is 236 g/mol. The molecule has 0 aliphatic carbocycles. The lowest BCUT2D eigenvalue weighted by Gasteiger charge is -2.23. The monoisotopic (exact) mass is 236 g/mol. The molecule has 0 aliphatic heterocycles. The van der Waals surface area contributed by atoms with Gasteiger partial charge in [0.25, 0.3) is 0 Å². The van der Waals surface area contributed by atoms with E-state index in [0.29, 0.717) is 18.6 Å². The molecule has 0 saturated heterocycles. The molecule has 0 radical (unpaired) electrons. The first-order valence-corrected chi connectivity index (χ1v) is 6.69. The molecule has 0 rings (SSSR count). The molecule has 0 aliphatic rings. The second-order valence-corrected chi connectivity index (χ2v) is 4.52. The molecule has 0 unspecified atom stereocenters. The minimum Gasteiger partial charge on any atom is -0.347 e. The Balaban J connectivity index is 4.05. The van der Waals surface area contributed by atoms with E-state index in [4.69, 9.17) is 8.37 Å². The van der Waals surface area contributed by atoms with E-state index >= 15 is 0 Å². The number of carbonyl (C=O) groups is 2. The molecule has 4 nitrogen and oxygen atoms in total. The summed E-state index contributed by atoms with van der Waals surface area (Å²) >= 11 is -1.36. The van der Waals surface area contributed by atoms with Crippen LogP contribution in [0.1, 0.15) is 46.5 Å². The van der Waals surface area contributed by atoms with Gasteiger partial charge in [0, 0.05) is 12.8 Å². The SMILES string of the molecule is CCCC[SH](OC(=O)CC)OC(=O)CC. The van der Waals surface area contributed by atoms with Crippen LogP contribution in [0.25, 0.3) is 0 Å². The van der Waals surface area contributed by atoms with Crippen molar-refractivity contribution in [3.8, 4) is 0 Å². The standard InChI is InChI=1S/C10H20O4S/c1-4-7-8-15(13-9(11)5-2)14-10(12)6-3/h15H,4-8H2,1-3H3.